The van der Waals surface area contributed by atoms with Crippen molar-refractivity contribution in [1.82, 2.24) is 14.9 Å². The number of nitrogens with one attached hydrogen (secondary N) is 2. The van der Waals surface area contributed by atoms with Gasteiger partial charge in [-0.3, -0.25) is 0 Å². The number of benzene rings is 3. The third kappa shape index (κ3) is 6.67. The van der Waals surface area contributed by atoms with E-state index < -0.39 is 15.8 Å². The SMILES string of the molecule is COc1ccc(CNCc2ccccc2)cc1-c1ccc(S(=O)(=O)NCCN2CCCC2)c(F)c1. The summed E-state index contributed by atoms with van der Waals surface area (Å²) in [6.07, 6.45) is 2.27. The topological polar surface area (TPSA) is 70.7 Å². The van der Waals surface area contributed by atoms with Crippen molar-refractivity contribution in [1.29, 1.82) is 0 Å². The van der Waals surface area contributed by atoms with E-state index in [1.165, 1.54) is 17.7 Å². The molecule has 0 saturated carbocycles. The van der Waals surface area contributed by atoms with Crippen molar-refractivity contribution in [2.45, 2.75) is 30.8 Å². The van der Waals surface area contributed by atoms with Crippen molar-refractivity contribution in [3.05, 3.63) is 83.7 Å². The summed E-state index contributed by atoms with van der Waals surface area (Å²) in [5.74, 6) is -0.193. The first-order chi connectivity index (χ1) is 17.0. The largest absolute Gasteiger partial charge is 0.496 e. The molecule has 0 atom stereocenters. The fourth-order valence-corrected chi connectivity index (χ4v) is 5.42. The molecule has 0 bridgehead atoms. The van der Waals surface area contributed by atoms with Gasteiger partial charge in [0.1, 0.15) is 16.5 Å². The van der Waals surface area contributed by atoms with Crippen LogP contribution in [0.1, 0.15) is 24.0 Å². The van der Waals surface area contributed by atoms with E-state index in [9.17, 15) is 8.42 Å². The normalized spacial score (nSPS) is 14.3. The van der Waals surface area contributed by atoms with Gasteiger partial charge < -0.3 is 15.0 Å². The van der Waals surface area contributed by atoms with Gasteiger partial charge in [0.25, 0.3) is 0 Å². The fourth-order valence-electron chi connectivity index (χ4n) is 4.35. The van der Waals surface area contributed by atoms with Crippen LogP contribution in [0, 0.1) is 5.82 Å². The van der Waals surface area contributed by atoms with Crippen molar-refractivity contribution in [3.63, 3.8) is 0 Å². The average Bonchev–Trinajstić information content (AvgIpc) is 3.38. The van der Waals surface area contributed by atoms with Crippen molar-refractivity contribution < 1.29 is 17.5 Å². The summed E-state index contributed by atoms with van der Waals surface area (Å²) >= 11 is 0. The summed E-state index contributed by atoms with van der Waals surface area (Å²) in [4.78, 5) is 1.86. The molecule has 2 N–H and O–H groups in total. The Morgan fingerprint density at radius 2 is 1.69 bits per heavy atom. The van der Waals surface area contributed by atoms with E-state index in [4.69, 9.17) is 4.74 Å². The molecule has 0 radical (unpaired) electrons. The molecular formula is C27H32FN3O3S. The number of sulfonamides is 1. The van der Waals surface area contributed by atoms with Crippen LogP contribution < -0.4 is 14.8 Å². The maximum Gasteiger partial charge on any atom is 0.243 e. The van der Waals surface area contributed by atoms with E-state index in [1.807, 2.05) is 36.4 Å². The van der Waals surface area contributed by atoms with E-state index >= 15 is 4.39 Å². The van der Waals surface area contributed by atoms with Crippen LogP contribution in [0.2, 0.25) is 0 Å². The second-order valence-electron chi connectivity index (χ2n) is 8.72. The van der Waals surface area contributed by atoms with Crippen LogP contribution in [0.25, 0.3) is 11.1 Å². The number of ether oxygens (including phenoxy) is 1. The number of nitrogens with zero attached hydrogens (tertiary/aromatic N) is 1. The maximum atomic E-state index is 15.0. The Labute approximate surface area is 207 Å². The second-order valence-corrected chi connectivity index (χ2v) is 10.5. The Balaban J connectivity index is 1.46. The van der Waals surface area contributed by atoms with E-state index in [0.717, 1.165) is 38.0 Å². The predicted octanol–water partition coefficient (Wildman–Crippen LogP) is 4.17. The smallest absolute Gasteiger partial charge is 0.243 e. The van der Waals surface area contributed by atoms with Crippen molar-refractivity contribution in [2.75, 3.05) is 33.3 Å². The third-order valence-corrected chi connectivity index (χ3v) is 7.71. The number of hydrogen-bond acceptors (Lipinski definition) is 5. The molecule has 3 aromatic carbocycles. The molecule has 0 spiro atoms. The van der Waals surface area contributed by atoms with E-state index in [2.05, 4.69) is 27.1 Å². The minimum Gasteiger partial charge on any atom is -0.496 e. The van der Waals surface area contributed by atoms with Crippen LogP contribution in [-0.2, 0) is 23.1 Å². The van der Waals surface area contributed by atoms with Crippen molar-refractivity contribution in [3.8, 4) is 16.9 Å². The molecule has 1 aliphatic rings. The lowest BCUT2D eigenvalue weighted by Gasteiger charge is -2.15. The van der Waals surface area contributed by atoms with Crippen LogP contribution >= 0.6 is 0 Å². The molecule has 3 aromatic rings. The first-order valence-corrected chi connectivity index (χ1v) is 13.4. The van der Waals surface area contributed by atoms with Gasteiger partial charge in [-0.25, -0.2) is 17.5 Å². The highest BCUT2D eigenvalue weighted by atomic mass is 32.2. The molecule has 1 aliphatic heterocycles. The van der Waals surface area contributed by atoms with Gasteiger partial charge in [-0.1, -0.05) is 42.5 Å². The average molecular weight is 498 g/mol. The predicted molar refractivity (Wildman–Crippen MR) is 136 cm³/mol. The molecular weight excluding hydrogens is 465 g/mol. The Morgan fingerprint density at radius 3 is 2.40 bits per heavy atom. The molecule has 186 valence electrons. The molecule has 6 nitrogen and oxygen atoms in total. The summed E-state index contributed by atoms with van der Waals surface area (Å²) in [7, 11) is -2.38. The van der Waals surface area contributed by atoms with Gasteiger partial charge in [-0.2, -0.15) is 0 Å². The van der Waals surface area contributed by atoms with Gasteiger partial charge in [0, 0.05) is 31.7 Å². The number of hydrogen-bond donors (Lipinski definition) is 2. The zero-order valence-electron chi connectivity index (χ0n) is 20.0. The highest BCUT2D eigenvalue weighted by Gasteiger charge is 2.21. The summed E-state index contributed by atoms with van der Waals surface area (Å²) in [6, 6.07) is 20.1. The monoisotopic (exact) mass is 497 g/mol. The van der Waals surface area contributed by atoms with Crippen molar-refractivity contribution in [2.24, 2.45) is 0 Å². The lowest BCUT2D eigenvalue weighted by Crippen LogP contribution is -2.33. The minimum atomic E-state index is -3.94. The van der Waals surface area contributed by atoms with Gasteiger partial charge in [-0.15, -0.1) is 0 Å². The molecule has 0 amide bonds. The Bertz CT molecular complexity index is 1230. The van der Waals surface area contributed by atoms with Crippen LogP contribution in [-0.4, -0.2) is 46.6 Å². The Kier molecular flexibility index (Phi) is 8.51. The molecule has 1 saturated heterocycles. The minimum absolute atomic E-state index is 0.259. The van der Waals surface area contributed by atoms with Gasteiger partial charge in [0.05, 0.1) is 7.11 Å². The Morgan fingerprint density at radius 1 is 0.943 bits per heavy atom. The van der Waals surface area contributed by atoms with Crippen molar-refractivity contribution >= 4 is 10.0 Å². The van der Waals surface area contributed by atoms with Gasteiger partial charge in [0.15, 0.2) is 0 Å². The Hall–Kier alpha value is -2.78. The summed E-state index contributed by atoms with van der Waals surface area (Å²) in [5, 5.41) is 3.41. The summed E-state index contributed by atoms with van der Waals surface area (Å²) < 4.78 is 48.4. The molecule has 35 heavy (non-hydrogen) atoms. The molecule has 1 heterocycles. The van der Waals surface area contributed by atoms with Crippen LogP contribution in [0.15, 0.2) is 71.6 Å². The summed E-state index contributed by atoms with van der Waals surface area (Å²) in [6.45, 7) is 4.20. The zero-order valence-corrected chi connectivity index (χ0v) is 20.8. The fraction of sp³-hybridized carbons (Fsp3) is 0.333. The van der Waals surface area contributed by atoms with E-state index in [1.54, 1.807) is 13.2 Å². The van der Waals surface area contributed by atoms with Gasteiger partial charge in [-0.05, 0) is 66.9 Å². The number of halogens is 1. The highest BCUT2D eigenvalue weighted by molar-refractivity contribution is 7.89. The third-order valence-electron chi connectivity index (χ3n) is 6.22. The molecule has 1 fully saturated rings. The molecule has 8 heteroatoms. The molecule has 4 rings (SSSR count). The lowest BCUT2D eigenvalue weighted by molar-refractivity contribution is 0.344. The molecule has 0 aliphatic carbocycles. The molecule has 0 unspecified atom stereocenters. The first-order valence-electron chi connectivity index (χ1n) is 11.9. The summed E-state index contributed by atoms with van der Waals surface area (Å²) in [5.41, 5.74) is 3.46. The quantitative estimate of drug-likeness (QED) is 0.416. The molecule has 0 aromatic heterocycles. The standard InChI is InChI=1S/C27H32FN3O3S/c1-34-26-11-9-22(20-29-19-21-7-3-2-4-8-21)17-24(26)23-10-12-27(25(28)18-23)35(32,33)30-13-16-31-14-5-6-15-31/h2-4,7-12,17-18,29-30H,5-6,13-16,19-20H2,1H3. The highest BCUT2D eigenvalue weighted by Crippen LogP contribution is 2.32. The second kappa shape index (κ2) is 11.8. The number of likely N-dealkylation sites (tertiary alicyclic amines) is 1. The first kappa shape index (κ1) is 25.3. The lowest BCUT2D eigenvalue weighted by atomic mass is 10.0. The van der Waals surface area contributed by atoms with Gasteiger partial charge >= 0.3 is 0 Å². The van der Waals surface area contributed by atoms with Gasteiger partial charge in [0.2, 0.25) is 10.0 Å². The van der Waals surface area contributed by atoms with E-state index in [-0.39, 0.29) is 11.4 Å². The van der Waals surface area contributed by atoms with Crippen LogP contribution in [0.4, 0.5) is 4.39 Å². The maximum absolute atomic E-state index is 15.0. The van der Waals surface area contributed by atoms with Crippen LogP contribution in [0.3, 0.4) is 0 Å². The number of rotatable bonds is 11. The number of methoxy groups -OCH3 is 1. The van der Waals surface area contributed by atoms with Crippen LogP contribution in [0.5, 0.6) is 5.75 Å². The van der Waals surface area contributed by atoms with E-state index in [0.29, 0.717) is 30.0 Å². The zero-order chi connectivity index (χ0) is 24.7.